The third-order valence-corrected chi connectivity index (χ3v) is 2.52. The maximum Gasteiger partial charge on any atom is 0.0586 e. The lowest BCUT2D eigenvalue weighted by molar-refractivity contribution is 0.525. The molecule has 1 heterocycles. The van der Waals surface area contributed by atoms with Crippen molar-refractivity contribution in [1.29, 1.82) is 0 Å². The normalized spacial score (nSPS) is 12.4. The number of thiocarbonyl (C=S) groups is 1. The Morgan fingerprint density at radius 3 is 2.93 bits per heavy atom. The van der Waals surface area contributed by atoms with Crippen LogP contribution in [0, 0.1) is 0 Å². The smallest absolute Gasteiger partial charge is 0.0586 e. The van der Waals surface area contributed by atoms with Crippen LogP contribution in [0.15, 0.2) is 24.4 Å². The van der Waals surface area contributed by atoms with Crippen LogP contribution in [0.25, 0.3) is 0 Å². The Morgan fingerprint density at radius 1 is 1.60 bits per heavy atom. The number of hydrogen-bond acceptors (Lipinski definition) is 3. The Hall–Kier alpha value is -0.450. The third-order valence-electron chi connectivity index (χ3n) is 2.22. The van der Waals surface area contributed by atoms with Gasteiger partial charge in [0.05, 0.1) is 4.20 Å². The van der Waals surface area contributed by atoms with Crippen LogP contribution in [0.4, 0.5) is 0 Å². The zero-order chi connectivity index (χ0) is 11.1. The summed E-state index contributed by atoms with van der Waals surface area (Å²) in [6.45, 7) is 2.84. The van der Waals surface area contributed by atoms with E-state index in [2.05, 4.69) is 29.9 Å². The highest BCUT2D eigenvalue weighted by Crippen LogP contribution is 2.02. The van der Waals surface area contributed by atoms with Crippen molar-refractivity contribution in [3.05, 3.63) is 30.1 Å². The first-order chi connectivity index (χ1) is 7.22. The third kappa shape index (κ3) is 5.25. The minimum absolute atomic E-state index is 0.421. The van der Waals surface area contributed by atoms with Crippen molar-refractivity contribution in [3.63, 3.8) is 0 Å². The molecule has 0 radical (unpaired) electrons. The average molecular weight is 240 g/mol. The van der Waals surface area contributed by atoms with Crippen molar-refractivity contribution in [2.75, 3.05) is 6.54 Å². The molecule has 15 heavy (non-hydrogen) atoms. The summed E-state index contributed by atoms with van der Waals surface area (Å²) in [4.78, 5) is 4.30. The first-order valence-electron chi connectivity index (χ1n) is 5.07. The molecule has 1 aromatic rings. The Labute approximate surface area is 102 Å². The van der Waals surface area contributed by atoms with Crippen LogP contribution in [0.5, 0.6) is 0 Å². The molecule has 1 rings (SSSR count). The molecule has 0 aliphatic rings. The molecule has 1 unspecified atom stereocenters. The first kappa shape index (κ1) is 12.6. The maximum absolute atomic E-state index is 4.91. The Kier molecular flexibility index (Phi) is 5.83. The van der Waals surface area contributed by atoms with E-state index in [4.69, 9.17) is 12.2 Å². The second-order valence-electron chi connectivity index (χ2n) is 3.41. The average Bonchev–Trinajstić information content (AvgIpc) is 2.25. The van der Waals surface area contributed by atoms with E-state index in [1.54, 1.807) is 0 Å². The Balaban J connectivity index is 2.43. The molecule has 0 aliphatic carbocycles. The van der Waals surface area contributed by atoms with E-state index in [0.717, 1.165) is 18.5 Å². The van der Waals surface area contributed by atoms with Crippen molar-refractivity contribution in [2.45, 2.75) is 25.8 Å². The summed E-state index contributed by atoms with van der Waals surface area (Å²) in [5.74, 6) is 0. The van der Waals surface area contributed by atoms with Gasteiger partial charge in [-0.25, -0.2) is 0 Å². The van der Waals surface area contributed by atoms with Crippen LogP contribution in [0.1, 0.15) is 19.0 Å². The van der Waals surface area contributed by atoms with Crippen molar-refractivity contribution < 1.29 is 0 Å². The number of aromatic nitrogens is 1. The molecule has 0 spiro atoms. The number of thiol groups is 1. The quantitative estimate of drug-likeness (QED) is 0.589. The predicted octanol–water partition coefficient (Wildman–Crippen LogP) is 2.25. The van der Waals surface area contributed by atoms with Gasteiger partial charge in [0.1, 0.15) is 0 Å². The first-order valence-corrected chi connectivity index (χ1v) is 5.93. The lowest BCUT2D eigenvalue weighted by atomic mass is 10.1. The molecule has 0 saturated carbocycles. The van der Waals surface area contributed by atoms with Crippen LogP contribution in [0.2, 0.25) is 0 Å². The monoisotopic (exact) mass is 240 g/mol. The van der Waals surface area contributed by atoms with E-state index >= 15 is 0 Å². The van der Waals surface area contributed by atoms with Crippen LogP contribution in [-0.2, 0) is 6.42 Å². The second-order valence-corrected chi connectivity index (χ2v) is 4.74. The van der Waals surface area contributed by atoms with Crippen molar-refractivity contribution >= 4 is 29.0 Å². The molecule has 2 nitrogen and oxygen atoms in total. The fraction of sp³-hybridized carbons (Fsp3) is 0.455. The summed E-state index contributed by atoms with van der Waals surface area (Å²) in [7, 11) is 0. The molecule has 1 N–H and O–H groups in total. The van der Waals surface area contributed by atoms with E-state index < -0.39 is 0 Å². The van der Waals surface area contributed by atoms with Crippen molar-refractivity contribution in [1.82, 2.24) is 10.3 Å². The standard InChI is InChI=1S/C11H16N2S2/c1-2-9(13-8-11(14)15)7-10-5-3-4-6-12-10/h3-6,9,13H,2,7-8H2,1H3,(H,14,15). The van der Waals surface area contributed by atoms with Crippen LogP contribution < -0.4 is 5.32 Å². The van der Waals surface area contributed by atoms with Gasteiger partial charge in [0.2, 0.25) is 0 Å². The van der Waals surface area contributed by atoms with Gasteiger partial charge < -0.3 is 5.32 Å². The van der Waals surface area contributed by atoms with Gasteiger partial charge >= 0.3 is 0 Å². The van der Waals surface area contributed by atoms with Gasteiger partial charge in [-0.3, -0.25) is 4.98 Å². The predicted molar refractivity (Wildman–Crippen MR) is 71.6 cm³/mol. The molecule has 82 valence electrons. The van der Waals surface area contributed by atoms with E-state index in [1.165, 1.54) is 0 Å². The largest absolute Gasteiger partial charge is 0.308 e. The summed E-state index contributed by atoms with van der Waals surface area (Å²) in [5.41, 5.74) is 1.11. The van der Waals surface area contributed by atoms with Crippen LogP contribution in [-0.4, -0.2) is 21.8 Å². The SMILES string of the molecule is CCC(Cc1ccccn1)NCC(=S)S. The number of nitrogens with one attached hydrogen (secondary N) is 1. The lowest BCUT2D eigenvalue weighted by Crippen LogP contribution is -2.33. The van der Waals surface area contributed by atoms with Gasteiger partial charge in [-0.05, 0) is 18.6 Å². The van der Waals surface area contributed by atoms with Crippen molar-refractivity contribution in [3.8, 4) is 0 Å². The van der Waals surface area contributed by atoms with Gasteiger partial charge in [-0.15, -0.1) is 12.6 Å². The van der Waals surface area contributed by atoms with Crippen LogP contribution in [0.3, 0.4) is 0 Å². The molecule has 0 aromatic carbocycles. The summed E-state index contributed by atoms with van der Waals surface area (Å²) >= 11 is 9.00. The summed E-state index contributed by atoms with van der Waals surface area (Å²) in [6.07, 6.45) is 3.83. The van der Waals surface area contributed by atoms with Gasteiger partial charge in [0, 0.05) is 30.9 Å². The summed E-state index contributed by atoms with van der Waals surface area (Å²) < 4.78 is 0.703. The van der Waals surface area contributed by atoms with Crippen molar-refractivity contribution in [2.24, 2.45) is 0 Å². The fourth-order valence-electron chi connectivity index (χ4n) is 1.36. The topological polar surface area (TPSA) is 24.9 Å². The maximum atomic E-state index is 4.91. The zero-order valence-electron chi connectivity index (χ0n) is 8.81. The molecular formula is C11H16N2S2. The summed E-state index contributed by atoms with van der Waals surface area (Å²) in [5, 5.41) is 3.36. The second kappa shape index (κ2) is 6.93. The number of rotatable bonds is 6. The molecule has 0 fully saturated rings. The highest BCUT2D eigenvalue weighted by atomic mass is 32.1. The van der Waals surface area contributed by atoms with Gasteiger partial charge in [-0.1, -0.05) is 25.2 Å². The number of pyridine rings is 1. The molecule has 0 amide bonds. The Bertz CT molecular complexity index is 301. The molecule has 4 heteroatoms. The van der Waals surface area contributed by atoms with E-state index in [0.29, 0.717) is 16.8 Å². The molecule has 0 bridgehead atoms. The summed E-state index contributed by atoms with van der Waals surface area (Å²) in [6, 6.07) is 6.41. The molecule has 0 saturated heterocycles. The lowest BCUT2D eigenvalue weighted by Gasteiger charge is -2.15. The molecule has 1 aromatic heterocycles. The van der Waals surface area contributed by atoms with E-state index in [-0.39, 0.29) is 0 Å². The van der Waals surface area contributed by atoms with E-state index in [9.17, 15) is 0 Å². The Morgan fingerprint density at radius 2 is 2.40 bits per heavy atom. The minimum Gasteiger partial charge on any atom is -0.308 e. The van der Waals surface area contributed by atoms with E-state index in [1.807, 2.05) is 24.4 Å². The molecular weight excluding hydrogens is 224 g/mol. The van der Waals surface area contributed by atoms with Gasteiger partial charge in [-0.2, -0.15) is 0 Å². The zero-order valence-corrected chi connectivity index (χ0v) is 10.5. The molecule has 1 atom stereocenters. The minimum atomic E-state index is 0.421. The molecule has 0 aliphatic heterocycles. The fourth-order valence-corrected chi connectivity index (χ4v) is 1.54. The van der Waals surface area contributed by atoms with Gasteiger partial charge in [0.15, 0.2) is 0 Å². The highest BCUT2D eigenvalue weighted by Gasteiger charge is 2.07. The van der Waals surface area contributed by atoms with Crippen LogP contribution >= 0.6 is 24.8 Å². The van der Waals surface area contributed by atoms with Gasteiger partial charge in [0.25, 0.3) is 0 Å². The highest BCUT2D eigenvalue weighted by molar-refractivity contribution is 8.11. The number of nitrogens with zero attached hydrogens (tertiary/aromatic N) is 1. The number of hydrogen-bond donors (Lipinski definition) is 2.